The Morgan fingerprint density at radius 2 is 1.73 bits per heavy atom. The molecule has 2 N–H and O–H groups in total. The molecule has 0 fully saturated rings. The minimum atomic E-state index is -4.54. The molecule has 15 heavy (non-hydrogen) atoms. The fourth-order valence-electron chi connectivity index (χ4n) is 0.814. The SMILES string of the molecule is CCCOCC(CS(=O)(=O)O)S(=O)(=O)O. The summed E-state index contributed by atoms with van der Waals surface area (Å²) < 4.78 is 64.2. The summed E-state index contributed by atoms with van der Waals surface area (Å²) in [6.45, 7) is 1.56. The molecular weight excluding hydrogens is 248 g/mol. The van der Waals surface area contributed by atoms with Crippen LogP contribution in [0.3, 0.4) is 0 Å². The molecule has 1 atom stereocenters. The predicted molar refractivity (Wildman–Crippen MR) is 52.9 cm³/mol. The van der Waals surface area contributed by atoms with E-state index in [0.29, 0.717) is 6.42 Å². The van der Waals surface area contributed by atoms with Gasteiger partial charge in [-0.3, -0.25) is 9.11 Å². The average molecular weight is 262 g/mol. The van der Waals surface area contributed by atoms with Crippen molar-refractivity contribution in [2.45, 2.75) is 18.6 Å². The highest BCUT2D eigenvalue weighted by molar-refractivity contribution is 7.90. The van der Waals surface area contributed by atoms with Crippen LogP contribution in [0.4, 0.5) is 0 Å². The summed E-state index contributed by atoms with van der Waals surface area (Å²) in [5.74, 6) is -1.07. The summed E-state index contributed by atoms with van der Waals surface area (Å²) in [7, 11) is -9.01. The molecule has 1 unspecified atom stereocenters. The van der Waals surface area contributed by atoms with Gasteiger partial charge in [0.25, 0.3) is 20.2 Å². The number of rotatable bonds is 7. The van der Waals surface area contributed by atoms with E-state index in [1.54, 1.807) is 6.92 Å². The Morgan fingerprint density at radius 3 is 2.07 bits per heavy atom. The Bertz CT molecular complexity index is 368. The predicted octanol–water partition coefficient (Wildman–Crippen LogP) is -0.443. The molecule has 0 aliphatic rings. The third-order valence-electron chi connectivity index (χ3n) is 1.47. The topological polar surface area (TPSA) is 118 Å². The molecule has 0 aliphatic heterocycles. The normalized spacial score (nSPS) is 15.1. The van der Waals surface area contributed by atoms with Crippen LogP contribution in [0.5, 0.6) is 0 Å². The van der Waals surface area contributed by atoms with Crippen LogP contribution < -0.4 is 0 Å². The van der Waals surface area contributed by atoms with E-state index in [-0.39, 0.29) is 6.61 Å². The first-order valence-corrected chi connectivity index (χ1v) is 7.27. The molecule has 0 bridgehead atoms. The van der Waals surface area contributed by atoms with Gasteiger partial charge >= 0.3 is 0 Å². The summed E-state index contributed by atoms with van der Waals surface area (Å²) in [6.07, 6.45) is 0.629. The van der Waals surface area contributed by atoms with Gasteiger partial charge in [-0.25, -0.2) is 0 Å². The third kappa shape index (κ3) is 7.68. The highest BCUT2D eigenvalue weighted by Gasteiger charge is 2.28. The molecule has 0 heterocycles. The van der Waals surface area contributed by atoms with E-state index in [1.165, 1.54) is 0 Å². The van der Waals surface area contributed by atoms with Gasteiger partial charge in [0, 0.05) is 6.61 Å². The minimum absolute atomic E-state index is 0.248. The first-order chi connectivity index (χ1) is 6.67. The molecule has 92 valence electrons. The van der Waals surface area contributed by atoms with Crippen molar-refractivity contribution in [2.24, 2.45) is 0 Å². The molecule has 0 aromatic carbocycles. The van der Waals surface area contributed by atoms with Crippen LogP contribution in [0.15, 0.2) is 0 Å². The van der Waals surface area contributed by atoms with Crippen molar-refractivity contribution in [3.8, 4) is 0 Å². The highest BCUT2D eigenvalue weighted by atomic mass is 32.2. The van der Waals surface area contributed by atoms with Crippen molar-refractivity contribution in [1.82, 2.24) is 0 Å². The molecular formula is C6H14O7S2. The molecule has 0 amide bonds. The van der Waals surface area contributed by atoms with Crippen LogP contribution in [0, 0.1) is 0 Å². The van der Waals surface area contributed by atoms with E-state index in [2.05, 4.69) is 0 Å². The summed E-state index contributed by atoms with van der Waals surface area (Å²) in [4.78, 5) is 0. The van der Waals surface area contributed by atoms with Crippen LogP contribution in [0.2, 0.25) is 0 Å². The van der Waals surface area contributed by atoms with Gasteiger partial charge in [0.2, 0.25) is 0 Å². The lowest BCUT2D eigenvalue weighted by Crippen LogP contribution is -2.33. The second-order valence-corrected chi connectivity index (χ2v) is 6.15. The van der Waals surface area contributed by atoms with Crippen molar-refractivity contribution in [3.05, 3.63) is 0 Å². The Hall–Kier alpha value is -0.220. The molecule has 0 radical (unpaired) electrons. The first kappa shape index (κ1) is 14.8. The maximum Gasteiger partial charge on any atom is 0.271 e. The standard InChI is InChI=1S/C6H14O7S2/c1-2-3-13-4-6(15(10,11)12)5-14(7,8)9/h6H,2-5H2,1H3,(H,7,8,9)(H,10,11,12). The van der Waals surface area contributed by atoms with Gasteiger partial charge in [0.15, 0.2) is 0 Å². The van der Waals surface area contributed by atoms with Crippen molar-refractivity contribution in [1.29, 1.82) is 0 Å². The Labute approximate surface area is 88.9 Å². The zero-order valence-corrected chi connectivity index (χ0v) is 9.79. The monoisotopic (exact) mass is 262 g/mol. The van der Waals surface area contributed by atoms with E-state index < -0.39 is 37.8 Å². The Morgan fingerprint density at radius 1 is 1.20 bits per heavy atom. The highest BCUT2D eigenvalue weighted by Crippen LogP contribution is 2.03. The molecule has 0 rings (SSSR count). The second-order valence-electron chi connectivity index (χ2n) is 2.96. The quantitative estimate of drug-likeness (QED) is 0.471. The fraction of sp³-hybridized carbons (Fsp3) is 1.00. The zero-order valence-electron chi connectivity index (χ0n) is 8.16. The molecule has 0 saturated carbocycles. The summed E-state index contributed by atoms with van der Waals surface area (Å²) in [6, 6.07) is 0. The lowest BCUT2D eigenvalue weighted by Gasteiger charge is -2.11. The summed E-state index contributed by atoms with van der Waals surface area (Å²) >= 11 is 0. The molecule has 7 nitrogen and oxygen atoms in total. The van der Waals surface area contributed by atoms with Gasteiger partial charge < -0.3 is 4.74 Å². The van der Waals surface area contributed by atoms with Gasteiger partial charge in [0.05, 0.1) is 12.4 Å². The van der Waals surface area contributed by atoms with Crippen molar-refractivity contribution in [2.75, 3.05) is 19.0 Å². The summed E-state index contributed by atoms with van der Waals surface area (Å²) in [5.41, 5.74) is 0. The van der Waals surface area contributed by atoms with Gasteiger partial charge in [0.1, 0.15) is 5.25 Å². The van der Waals surface area contributed by atoms with E-state index in [1.807, 2.05) is 0 Å². The molecule has 0 aromatic heterocycles. The maximum atomic E-state index is 10.7. The largest absolute Gasteiger partial charge is 0.380 e. The fourth-order valence-corrected chi connectivity index (χ4v) is 2.85. The van der Waals surface area contributed by atoms with Crippen LogP contribution in [-0.2, 0) is 25.0 Å². The van der Waals surface area contributed by atoms with Crippen molar-refractivity contribution < 1.29 is 30.7 Å². The average Bonchev–Trinajstić information content (AvgIpc) is 1.99. The zero-order chi connectivity index (χ0) is 12.1. The van der Waals surface area contributed by atoms with Crippen LogP contribution in [-0.4, -0.2) is 50.2 Å². The van der Waals surface area contributed by atoms with E-state index in [4.69, 9.17) is 13.8 Å². The van der Waals surface area contributed by atoms with E-state index >= 15 is 0 Å². The van der Waals surface area contributed by atoms with Gasteiger partial charge in [-0.15, -0.1) is 0 Å². The lowest BCUT2D eigenvalue weighted by molar-refractivity contribution is 0.135. The Kier molecular flexibility index (Phi) is 5.67. The third-order valence-corrected chi connectivity index (χ3v) is 3.65. The second kappa shape index (κ2) is 5.75. The van der Waals surface area contributed by atoms with E-state index in [0.717, 1.165) is 0 Å². The number of hydrogen-bond acceptors (Lipinski definition) is 5. The number of ether oxygens (including phenoxy) is 1. The first-order valence-electron chi connectivity index (χ1n) is 4.16. The molecule has 0 saturated heterocycles. The molecule has 9 heteroatoms. The lowest BCUT2D eigenvalue weighted by atomic mass is 10.5. The van der Waals surface area contributed by atoms with Crippen molar-refractivity contribution >= 4 is 20.2 Å². The molecule has 0 spiro atoms. The maximum absolute atomic E-state index is 10.7. The van der Waals surface area contributed by atoms with Crippen LogP contribution >= 0.6 is 0 Å². The van der Waals surface area contributed by atoms with Crippen LogP contribution in [0.1, 0.15) is 13.3 Å². The Balaban J connectivity index is 4.48. The van der Waals surface area contributed by atoms with Crippen LogP contribution in [0.25, 0.3) is 0 Å². The molecule has 0 aliphatic carbocycles. The number of hydrogen-bond donors (Lipinski definition) is 2. The van der Waals surface area contributed by atoms with Gasteiger partial charge in [-0.2, -0.15) is 16.8 Å². The molecule has 0 aromatic rings. The summed E-state index contributed by atoms with van der Waals surface area (Å²) in [5, 5.41) is -1.65. The van der Waals surface area contributed by atoms with Gasteiger partial charge in [-0.05, 0) is 6.42 Å². The van der Waals surface area contributed by atoms with E-state index in [9.17, 15) is 16.8 Å². The smallest absolute Gasteiger partial charge is 0.271 e. The minimum Gasteiger partial charge on any atom is -0.380 e. The van der Waals surface area contributed by atoms with Crippen molar-refractivity contribution in [3.63, 3.8) is 0 Å². The van der Waals surface area contributed by atoms with Gasteiger partial charge in [-0.1, -0.05) is 6.92 Å².